The second-order valence-corrected chi connectivity index (χ2v) is 6.40. The van der Waals surface area contributed by atoms with Crippen LogP contribution in [0.5, 0.6) is 0 Å². The first kappa shape index (κ1) is 16.7. The van der Waals surface area contributed by atoms with E-state index in [4.69, 9.17) is 5.11 Å². The van der Waals surface area contributed by atoms with Gasteiger partial charge in [0.05, 0.1) is 6.04 Å². The smallest absolute Gasteiger partial charge is 0.326 e. The maximum absolute atomic E-state index is 12.7. The van der Waals surface area contributed by atoms with Crippen LogP contribution in [0.15, 0.2) is 0 Å². The van der Waals surface area contributed by atoms with Gasteiger partial charge in [-0.15, -0.1) is 0 Å². The van der Waals surface area contributed by atoms with E-state index in [0.29, 0.717) is 6.42 Å². The average molecular weight is 312 g/mol. The van der Waals surface area contributed by atoms with E-state index in [1.807, 2.05) is 0 Å². The van der Waals surface area contributed by atoms with Gasteiger partial charge in [0, 0.05) is 6.04 Å². The van der Waals surface area contributed by atoms with Crippen LogP contribution in [0.3, 0.4) is 0 Å². The Morgan fingerprint density at radius 2 is 1.73 bits per heavy atom. The third kappa shape index (κ3) is 3.24. The number of nitrogens with one attached hydrogen (secondary N) is 1. The van der Waals surface area contributed by atoms with Gasteiger partial charge in [0.15, 0.2) is 0 Å². The van der Waals surface area contributed by atoms with E-state index < -0.39 is 30.1 Å². The Morgan fingerprint density at radius 3 is 2.32 bits per heavy atom. The van der Waals surface area contributed by atoms with E-state index in [0.717, 1.165) is 25.7 Å². The number of hydrogen-bond donors (Lipinski definition) is 3. The Balaban J connectivity index is 2.13. The molecule has 22 heavy (non-hydrogen) atoms. The number of amides is 1. The summed E-state index contributed by atoms with van der Waals surface area (Å²) in [6, 6.07) is -2.38. The van der Waals surface area contributed by atoms with Gasteiger partial charge in [0.1, 0.15) is 12.1 Å². The molecule has 2 aliphatic rings. The number of carbonyl (C=O) groups excluding carboxylic acids is 1. The molecular formula is C15H24N2O5. The predicted molar refractivity (Wildman–Crippen MR) is 78.3 cm³/mol. The van der Waals surface area contributed by atoms with Gasteiger partial charge in [0.2, 0.25) is 5.91 Å². The first-order chi connectivity index (χ1) is 10.3. The van der Waals surface area contributed by atoms with Crippen molar-refractivity contribution in [3.63, 3.8) is 0 Å². The monoisotopic (exact) mass is 312 g/mol. The number of hydrogen-bond acceptors (Lipinski definition) is 4. The molecule has 0 aromatic carbocycles. The molecule has 0 radical (unpaired) electrons. The third-order valence-electron chi connectivity index (χ3n) is 4.87. The average Bonchev–Trinajstić information content (AvgIpc) is 2.85. The molecule has 5 atom stereocenters. The van der Waals surface area contributed by atoms with E-state index >= 15 is 0 Å². The van der Waals surface area contributed by atoms with Crippen LogP contribution in [-0.2, 0) is 14.4 Å². The number of aliphatic carboxylic acids is 2. The maximum Gasteiger partial charge on any atom is 0.326 e. The van der Waals surface area contributed by atoms with Crippen molar-refractivity contribution in [3.05, 3.63) is 0 Å². The Hall–Kier alpha value is -1.63. The molecule has 3 N–H and O–H groups in total. The number of nitrogens with zero attached hydrogens (tertiary/aromatic N) is 1. The molecule has 0 aromatic rings. The minimum Gasteiger partial charge on any atom is -0.480 e. The van der Waals surface area contributed by atoms with Gasteiger partial charge in [-0.2, -0.15) is 0 Å². The molecule has 1 saturated carbocycles. The van der Waals surface area contributed by atoms with Crippen molar-refractivity contribution in [2.75, 3.05) is 0 Å². The lowest BCUT2D eigenvalue weighted by Gasteiger charge is -2.35. The van der Waals surface area contributed by atoms with Crippen LogP contribution in [0, 0.1) is 5.92 Å². The maximum atomic E-state index is 12.7. The van der Waals surface area contributed by atoms with Crippen molar-refractivity contribution in [2.45, 2.75) is 70.1 Å². The lowest BCUT2D eigenvalue weighted by molar-refractivity contribution is -0.151. The minimum absolute atomic E-state index is 0.0215. The zero-order chi connectivity index (χ0) is 16.4. The van der Waals surface area contributed by atoms with Gasteiger partial charge in [-0.25, -0.2) is 4.79 Å². The van der Waals surface area contributed by atoms with E-state index in [1.54, 1.807) is 6.92 Å². The topological polar surface area (TPSA) is 107 Å². The van der Waals surface area contributed by atoms with Gasteiger partial charge >= 0.3 is 11.9 Å². The first-order valence-electron chi connectivity index (χ1n) is 7.86. The van der Waals surface area contributed by atoms with Crippen LogP contribution < -0.4 is 5.32 Å². The van der Waals surface area contributed by atoms with Gasteiger partial charge in [-0.3, -0.25) is 14.9 Å². The van der Waals surface area contributed by atoms with Gasteiger partial charge in [-0.1, -0.05) is 12.8 Å². The SMILES string of the molecule is CC(N[C@@H](C)C(=O)N1C(C(=O)O)CC2CCCCC21)C(=O)O. The van der Waals surface area contributed by atoms with Crippen molar-refractivity contribution in [2.24, 2.45) is 5.92 Å². The summed E-state index contributed by atoms with van der Waals surface area (Å²) < 4.78 is 0. The van der Waals surface area contributed by atoms with Crippen molar-refractivity contribution in [1.82, 2.24) is 10.2 Å². The normalized spacial score (nSPS) is 30.5. The Morgan fingerprint density at radius 1 is 1.09 bits per heavy atom. The first-order valence-corrected chi connectivity index (χ1v) is 7.86. The van der Waals surface area contributed by atoms with Crippen molar-refractivity contribution in [3.8, 4) is 0 Å². The zero-order valence-electron chi connectivity index (χ0n) is 13.0. The minimum atomic E-state index is -1.04. The highest BCUT2D eigenvalue weighted by Gasteiger charge is 2.48. The Bertz CT molecular complexity index is 467. The highest BCUT2D eigenvalue weighted by atomic mass is 16.4. The summed E-state index contributed by atoms with van der Waals surface area (Å²) in [5.41, 5.74) is 0. The van der Waals surface area contributed by atoms with E-state index in [9.17, 15) is 19.5 Å². The largest absolute Gasteiger partial charge is 0.480 e. The molecule has 1 aliphatic carbocycles. The molecule has 1 amide bonds. The fourth-order valence-corrected chi connectivity index (χ4v) is 3.74. The molecule has 0 bridgehead atoms. The molecule has 7 heteroatoms. The van der Waals surface area contributed by atoms with Crippen LogP contribution in [0.25, 0.3) is 0 Å². The summed E-state index contributed by atoms with van der Waals surface area (Å²) in [7, 11) is 0. The van der Waals surface area contributed by atoms with E-state index in [1.165, 1.54) is 11.8 Å². The highest BCUT2D eigenvalue weighted by molar-refractivity contribution is 5.88. The Labute approximate surface area is 129 Å². The number of carboxylic acids is 2. The molecule has 2 rings (SSSR count). The summed E-state index contributed by atoms with van der Waals surface area (Å²) in [5.74, 6) is -2.06. The molecule has 1 saturated heterocycles. The molecule has 1 aliphatic heterocycles. The summed E-state index contributed by atoms with van der Waals surface area (Å²) in [5, 5.41) is 21.1. The predicted octanol–water partition coefficient (Wildman–Crippen LogP) is 0.682. The third-order valence-corrected chi connectivity index (χ3v) is 4.87. The van der Waals surface area contributed by atoms with Crippen LogP contribution in [-0.4, -0.2) is 57.1 Å². The van der Waals surface area contributed by atoms with Crippen LogP contribution in [0.1, 0.15) is 46.0 Å². The van der Waals surface area contributed by atoms with Crippen LogP contribution in [0.2, 0.25) is 0 Å². The summed E-state index contributed by atoms with van der Waals surface area (Å²) in [6.07, 6.45) is 4.39. The second-order valence-electron chi connectivity index (χ2n) is 6.40. The van der Waals surface area contributed by atoms with Crippen LogP contribution >= 0.6 is 0 Å². The van der Waals surface area contributed by atoms with Crippen molar-refractivity contribution < 1.29 is 24.6 Å². The summed E-state index contributed by atoms with van der Waals surface area (Å²) >= 11 is 0. The highest BCUT2D eigenvalue weighted by Crippen LogP contribution is 2.40. The lowest BCUT2D eigenvalue weighted by Crippen LogP contribution is -2.55. The molecule has 124 valence electrons. The summed E-state index contributed by atoms with van der Waals surface area (Å²) in [6.45, 7) is 3.06. The van der Waals surface area contributed by atoms with Gasteiger partial charge in [-0.05, 0) is 39.0 Å². The quantitative estimate of drug-likeness (QED) is 0.689. The standard InChI is InChI=1S/C15H24N2O5/c1-8(16-9(2)14(19)20)13(18)17-11-6-4-3-5-10(11)7-12(17)15(21)22/h8-12,16H,3-7H2,1-2H3,(H,19,20)(H,21,22)/t8-,9?,10?,11?,12?/m0/s1. The molecule has 0 aromatic heterocycles. The fourth-order valence-electron chi connectivity index (χ4n) is 3.74. The number of likely N-dealkylation sites (tertiary alicyclic amines) is 1. The second kappa shape index (κ2) is 6.64. The van der Waals surface area contributed by atoms with Crippen molar-refractivity contribution in [1.29, 1.82) is 0 Å². The number of fused-ring (bicyclic) bond motifs is 1. The molecule has 2 fully saturated rings. The molecular weight excluding hydrogens is 288 g/mol. The van der Waals surface area contributed by atoms with Gasteiger partial charge in [0.25, 0.3) is 0 Å². The Kier molecular flexibility index (Phi) is 5.05. The fraction of sp³-hybridized carbons (Fsp3) is 0.800. The molecule has 1 heterocycles. The number of rotatable bonds is 5. The van der Waals surface area contributed by atoms with Crippen LogP contribution in [0.4, 0.5) is 0 Å². The number of carboxylic acid groups (broad SMARTS) is 2. The summed E-state index contributed by atoms with van der Waals surface area (Å²) in [4.78, 5) is 36.6. The molecule has 4 unspecified atom stereocenters. The van der Waals surface area contributed by atoms with Crippen molar-refractivity contribution >= 4 is 17.8 Å². The molecule has 7 nitrogen and oxygen atoms in total. The molecule has 0 spiro atoms. The van der Waals surface area contributed by atoms with Gasteiger partial charge < -0.3 is 15.1 Å². The number of carbonyl (C=O) groups is 3. The zero-order valence-corrected chi connectivity index (χ0v) is 13.0. The lowest BCUT2D eigenvalue weighted by atomic mass is 9.84. The van der Waals surface area contributed by atoms with E-state index in [2.05, 4.69) is 5.32 Å². The van der Waals surface area contributed by atoms with E-state index in [-0.39, 0.29) is 17.9 Å².